The van der Waals surface area contributed by atoms with E-state index in [1.54, 1.807) is 5.57 Å². The molecule has 4 nitrogen and oxygen atoms in total. The molecule has 47 heavy (non-hydrogen) atoms. The first-order valence-corrected chi connectivity index (χ1v) is 28.1. The van der Waals surface area contributed by atoms with Crippen molar-refractivity contribution < 1.29 is 18.0 Å². The Morgan fingerprint density at radius 3 is 1.87 bits per heavy atom. The van der Waals surface area contributed by atoms with E-state index >= 15 is 0 Å². The summed E-state index contributed by atoms with van der Waals surface area (Å²) in [6.45, 7) is 42.1. The van der Waals surface area contributed by atoms with Gasteiger partial charge < -0.3 is 18.0 Å². The van der Waals surface area contributed by atoms with E-state index in [2.05, 4.69) is 115 Å². The largest absolute Gasteiger partial charge is 0.547 e. The zero-order chi connectivity index (χ0) is 35.6. The second-order valence-corrected chi connectivity index (χ2v) is 36.3. The van der Waals surface area contributed by atoms with E-state index in [0.717, 1.165) is 18.3 Å². The number of allylic oxidation sites excluding steroid dienone is 2. The van der Waals surface area contributed by atoms with Gasteiger partial charge in [-0.05, 0) is 127 Å². The molecule has 272 valence electrons. The lowest BCUT2D eigenvalue weighted by Crippen LogP contribution is -2.56. The highest BCUT2D eigenvalue weighted by atomic mass is 28.4. The number of hydrogen-bond acceptors (Lipinski definition) is 4. The minimum atomic E-state index is -2.09. The van der Waals surface area contributed by atoms with Crippen molar-refractivity contribution in [3.05, 3.63) is 11.3 Å². The molecule has 0 aromatic heterocycles. The Kier molecular flexibility index (Phi) is 9.40. The Morgan fingerprint density at radius 2 is 1.36 bits per heavy atom. The molecule has 4 saturated carbocycles. The van der Waals surface area contributed by atoms with Crippen LogP contribution in [-0.4, -0.2) is 50.9 Å². The highest BCUT2D eigenvalue weighted by molar-refractivity contribution is 6.75. The van der Waals surface area contributed by atoms with E-state index in [9.17, 15) is 0 Å². The summed E-state index contributed by atoms with van der Waals surface area (Å²) in [4.78, 5) is 0. The number of methoxy groups -OCH3 is 1. The van der Waals surface area contributed by atoms with Crippen LogP contribution >= 0.6 is 0 Å². The lowest BCUT2D eigenvalue weighted by molar-refractivity contribution is -0.126. The molecule has 7 heteroatoms. The number of fused-ring (bicyclic) bond motifs is 4. The average Bonchev–Trinajstić information content (AvgIpc) is 3.46. The molecule has 0 N–H and O–H groups in total. The van der Waals surface area contributed by atoms with Gasteiger partial charge in [-0.25, -0.2) is 0 Å². The Bertz CT molecular complexity index is 1240. The monoisotopic (exact) mass is 705 g/mol. The summed E-state index contributed by atoms with van der Waals surface area (Å²) in [6.07, 6.45) is 9.32. The highest BCUT2D eigenvalue weighted by Gasteiger charge is 2.77. The molecular formula is C40H76O4Si3. The summed E-state index contributed by atoms with van der Waals surface area (Å²) in [5, 5.41) is 0.449. The maximum absolute atomic E-state index is 7.59. The fourth-order valence-electron chi connectivity index (χ4n) is 10.5. The van der Waals surface area contributed by atoms with E-state index in [1.807, 2.05) is 7.11 Å². The van der Waals surface area contributed by atoms with Crippen molar-refractivity contribution in [2.45, 2.75) is 188 Å². The van der Waals surface area contributed by atoms with Crippen molar-refractivity contribution in [2.75, 3.05) is 13.7 Å². The van der Waals surface area contributed by atoms with Crippen molar-refractivity contribution in [1.82, 2.24) is 0 Å². The summed E-state index contributed by atoms with van der Waals surface area (Å²) in [5.41, 5.74) is 2.52. The molecule has 5 aliphatic rings. The number of hydrogen-bond donors (Lipinski definition) is 0. The Morgan fingerprint density at radius 1 is 0.787 bits per heavy atom. The molecule has 0 heterocycles. The molecule has 0 bridgehead atoms. The molecule has 0 aromatic carbocycles. The van der Waals surface area contributed by atoms with E-state index < -0.39 is 25.0 Å². The van der Waals surface area contributed by atoms with Gasteiger partial charge >= 0.3 is 0 Å². The third-order valence-electron chi connectivity index (χ3n) is 16.6. The maximum Gasteiger partial charge on any atom is 0.250 e. The Balaban J connectivity index is 1.60. The molecule has 0 radical (unpaired) electrons. The van der Waals surface area contributed by atoms with Crippen molar-refractivity contribution >= 4 is 25.0 Å². The topological polar surface area (TPSA) is 36.9 Å². The molecule has 5 rings (SSSR count). The van der Waals surface area contributed by atoms with Crippen LogP contribution in [0.2, 0.25) is 54.4 Å². The zero-order valence-electron chi connectivity index (χ0n) is 34.3. The second-order valence-electron chi connectivity index (χ2n) is 22.0. The fraction of sp³-hybridized carbons (Fsp3) is 0.950. The van der Waals surface area contributed by atoms with Gasteiger partial charge in [-0.1, -0.05) is 76.2 Å². The van der Waals surface area contributed by atoms with Crippen molar-refractivity contribution in [3.8, 4) is 0 Å². The van der Waals surface area contributed by atoms with Gasteiger partial charge in [0.05, 0.1) is 24.6 Å². The molecule has 0 aromatic rings. The van der Waals surface area contributed by atoms with Gasteiger partial charge in [0, 0.05) is 24.9 Å². The van der Waals surface area contributed by atoms with Gasteiger partial charge in [-0.15, -0.1) is 0 Å². The van der Waals surface area contributed by atoms with Crippen LogP contribution in [0.3, 0.4) is 0 Å². The van der Waals surface area contributed by atoms with Crippen LogP contribution in [0.4, 0.5) is 0 Å². The first kappa shape index (κ1) is 38.3. The lowest BCUT2D eigenvalue weighted by atomic mass is 9.46. The van der Waals surface area contributed by atoms with E-state index in [4.69, 9.17) is 18.0 Å². The molecule has 5 aliphatic carbocycles. The lowest BCUT2D eigenvalue weighted by Gasteiger charge is -2.59. The molecule has 4 fully saturated rings. The van der Waals surface area contributed by atoms with Gasteiger partial charge in [0.2, 0.25) is 8.32 Å². The Labute approximate surface area is 294 Å². The number of ether oxygens (including phenoxy) is 1. The minimum Gasteiger partial charge on any atom is -0.547 e. The summed E-state index contributed by atoms with van der Waals surface area (Å²) in [6, 6.07) is 0. The van der Waals surface area contributed by atoms with Crippen molar-refractivity contribution in [2.24, 2.45) is 39.9 Å². The molecule has 0 aliphatic heterocycles. The first-order valence-electron chi connectivity index (χ1n) is 19.4. The molecule has 9 atom stereocenters. The standard InChI is InChI=1S/C40H76O4Si3/c1-35(2,3)45(13,14)42-26-32(44-47(17,18)37(7,8)9)30-24-31(43-46(15,16)36(4,5)6)34-28-23-33(41-12)40-25-27(40)19-22-39(40,11)29(28)20-21-38(30,34)10/h27-30,32-33H,19-26H2,1-18H3/t27?,28-,29+,30+,32-,33-,38-,39-,40+/m1/s1. The maximum atomic E-state index is 7.59. The normalized spacial score (nSPS) is 38.5. The smallest absolute Gasteiger partial charge is 0.250 e. The van der Waals surface area contributed by atoms with Crippen LogP contribution in [0.1, 0.15) is 121 Å². The molecule has 1 spiro atoms. The summed E-state index contributed by atoms with van der Waals surface area (Å²) < 4.78 is 28.8. The van der Waals surface area contributed by atoms with Gasteiger partial charge in [-0.3, -0.25) is 0 Å². The van der Waals surface area contributed by atoms with Gasteiger partial charge in [0.25, 0.3) is 0 Å². The second kappa shape index (κ2) is 11.5. The quantitative estimate of drug-likeness (QED) is 0.224. The van der Waals surface area contributed by atoms with Crippen molar-refractivity contribution in [1.29, 1.82) is 0 Å². The van der Waals surface area contributed by atoms with Crippen LogP contribution in [0.15, 0.2) is 11.3 Å². The van der Waals surface area contributed by atoms with Crippen LogP contribution in [0.5, 0.6) is 0 Å². The van der Waals surface area contributed by atoms with Crippen molar-refractivity contribution in [3.63, 3.8) is 0 Å². The van der Waals surface area contributed by atoms with E-state index in [-0.39, 0.29) is 26.6 Å². The molecule has 1 unspecified atom stereocenters. The molecular weight excluding hydrogens is 629 g/mol. The van der Waals surface area contributed by atoms with Crippen LogP contribution in [0.25, 0.3) is 0 Å². The first-order chi connectivity index (χ1) is 21.1. The van der Waals surface area contributed by atoms with Gasteiger partial charge in [0.15, 0.2) is 16.6 Å². The fourth-order valence-corrected chi connectivity index (χ4v) is 13.9. The van der Waals surface area contributed by atoms with Crippen LogP contribution in [0, 0.1) is 39.9 Å². The Hall–Kier alpha value is 0.0706. The summed E-state index contributed by atoms with van der Waals surface area (Å²) in [7, 11) is -4.13. The minimum absolute atomic E-state index is 0.0450. The van der Waals surface area contributed by atoms with E-state index in [0.29, 0.717) is 35.4 Å². The predicted molar refractivity (Wildman–Crippen MR) is 206 cm³/mol. The van der Waals surface area contributed by atoms with Gasteiger partial charge in [-0.2, -0.15) is 0 Å². The predicted octanol–water partition coefficient (Wildman–Crippen LogP) is 12.0. The third-order valence-corrected chi connectivity index (χ3v) is 30.0. The SMILES string of the molecule is CO[C@@H]1C[C@H]2C3=C(O[Si](C)(C)C(C)(C)C)C[C@@H]([C@@H](CO[Si](C)(C)C(C)(C)C)O[Si](C)(C)C(C)(C)C)[C@@]3(C)CC[C@@H]2[C@@]2(C)CCC3C[C@]312. The van der Waals surface area contributed by atoms with E-state index in [1.165, 1.54) is 44.3 Å². The van der Waals surface area contributed by atoms with Crippen LogP contribution in [-0.2, 0) is 18.0 Å². The third kappa shape index (κ3) is 5.91. The summed E-state index contributed by atoms with van der Waals surface area (Å²) >= 11 is 0. The number of rotatable bonds is 9. The molecule has 0 saturated heterocycles. The van der Waals surface area contributed by atoms with Gasteiger partial charge in [0.1, 0.15) is 0 Å². The average molecular weight is 705 g/mol. The van der Waals surface area contributed by atoms with Crippen LogP contribution < -0.4 is 0 Å². The molecule has 0 amide bonds. The summed E-state index contributed by atoms with van der Waals surface area (Å²) in [5.74, 6) is 3.86. The highest BCUT2D eigenvalue weighted by Crippen LogP contribution is 2.82. The zero-order valence-corrected chi connectivity index (χ0v) is 37.3.